The summed E-state index contributed by atoms with van der Waals surface area (Å²) in [7, 11) is -1.96. The van der Waals surface area contributed by atoms with Crippen molar-refractivity contribution in [3.05, 3.63) is 56.3 Å². The standard InChI is InChI=1S/C11H7N3O6S/c15-6-7-1-4-11(12-7)21(20)10-3-2-8(13(16)17)5-9(10)14(18)19/h1-6,12H. The molecule has 0 fully saturated rings. The monoisotopic (exact) mass is 309 g/mol. The number of nitro groups is 2. The molecule has 1 atom stereocenters. The van der Waals surface area contributed by atoms with Crippen molar-refractivity contribution >= 4 is 28.5 Å². The van der Waals surface area contributed by atoms with Crippen molar-refractivity contribution in [2.24, 2.45) is 0 Å². The molecule has 0 saturated heterocycles. The van der Waals surface area contributed by atoms with Crippen molar-refractivity contribution in [1.29, 1.82) is 0 Å². The number of carbonyl (C=O) groups excluding carboxylic acids is 1. The molecule has 1 aromatic carbocycles. The van der Waals surface area contributed by atoms with Crippen molar-refractivity contribution in [2.45, 2.75) is 9.92 Å². The minimum Gasteiger partial charge on any atom is -0.345 e. The fourth-order valence-corrected chi connectivity index (χ4v) is 2.76. The Labute approximate surface area is 119 Å². The number of nitrogens with one attached hydrogen (secondary N) is 1. The van der Waals surface area contributed by atoms with Crippen LogP contribution in [-0.2, 0) is 10.8 Å². The summed E-state index contributed by atoms with van der Waals surface area (Å²) in [5, 5.41) is 21.7. The molecule has 0 saturated carbocycles. The number of rotatable bonds is 5. The zero-order valence-electron chi connectivity index (χ0n) is 10.2. The van der Waals surface area contributed by atoms with Gasteiger partial charge in [0.1, 0.15) is 20.7 Å². The van der Waals surface area contributed by atoms with E-state index in [4.69, 9.17) is 0 Å². The van der Waals surface area contributed by atoms with E-state index in [2.05, 4.69) is 4.98 Å². The number of nitro benzene ring substituents is 2. The van der Waals surface area contributed by atoms with Gasteiger partial charge in [0, 0.05) is 6.07 Å². The number of aromatic nitrogens is 1. The molecule has 1 heterocycles. The van der Waals surface area contributed by atoms with E-state index in [9.17, 15) is 29.2 Å². The number of aldehydes is 1. The highest BCUT2D eigenvalue weighted by atomic mass is 32.2. The van der Waals surface area contributed by atoms with Crippen LogP contribution in [0.1, 0.15) is 10.5 Å². The molecule has 0 bridgehead atoms. The number of hydrogen-bond acceptors (Lipinski definition) is 6. The van der Waals surface area contributed by atoms with Gasteiger partial charge in [0.05, 0.1) is 21.6 Å². The first-order valence-corrected chi connectivity index (χ1v) is 6.58. The average molecular weight is 309 g/mol. The summed E-state index contributed by atoms with van der Waals surface area (Å²) in [6.45, 7) is 0. The molecular formula is C11H7N3O6S. The minimum absolute atomic E-state index is 0.0917. The van der Waals surface area contributed by atoms with Crippen molar-refractivity contribution in [1.82, 2.24) is 4.98 Å². The second-order valence-electron chi connectivity index (χ2n) is 3.83. The van der Waals surface area contributed by atoms with Gasteiger partial charge in [-0.15, -0.1) is 0 Å². The van der Waals surface area contributed by atoms with Crippen molar-refractivity contribution < 1.29 is 18.9 Å². The lowest BCUT2D eigenvalue weighted by Crippen LogP contribution is -2.01. The molecule has 21 heavy (non-hydrogen) atoms. The lowest BCUT2D eigenvalue weighted by molar-refractivity contribution is -0.396. The molecule has 2 aromatic rings. The molecule has 0 radical (unpaired) electrons. The van der Waals surface area contributed by atoms with Crippen molar-refractivity contribution in [3.63, 3.8) is 0 Å². The number of non-ortho nitro benzene ring substituents is 1. The van der Waals surface area contributed by atoms with Gasteiger partial charge in [-0.3, -0.25) is 25.0 Å². The third-order valence-corrected chi connectivity index (χ3v) is 3.94. The third kappa shape index (κ3) is 2.84. The second kappa shape index (κ2) is 5.63. The predicted octanol–water partition coefficient (Wildman–Crippen LogP) is 1.81. The first-order chi connectivity index (χ1) is 9.93. The van der Waals surface area contributed by atoms with Crippen LogP contribution in [0.4, 0.5) is 11.4 Å². The van der Waals surface area contributed by atoms with Gasteiger partial charge >= 0.3 is 0 Å². The Morgan fingerprint density at radius 1 is 1.10 bits per heavy atom. The molecule has 0 aliphatic carbocycles. The van der Waals surface area contributed by atoms with Gasteiger partial charge in [0.15, 0.2) is 6.29 Å². The van der Waals surface area contributed by atoms with Gasteiger partial charge in [0.25, 0.3) is 11.4 Å². The Morgan fingerprint density at radius 2 is 1.81 bits per heavy atom. The number of H-pyrrole nitrogens is 1. The summed E-state index contributed by atoms with van der Waals surface area (Å²) in [6.07, 6.45) is 0.505. The van der Waals surface area contributed by atoms with E-state index in [0.717, 1.165) is 18.2 Å². The van der Waals surface area contributed by atoms with E-state index >= 15 is 0 Å². The summed E-state index contributed by atoms with van der Waals surface area (Å²) in [4.78, 5) is 32.9. The maximum absolute atomic E-state index is 12.3. The van der Waals surface area contributed by atoms with Crippen LogP contribution < -0.4 is 0 Å². The lowest BCUT2D eigenvalue weighted by atomic mass is 10.3. The first-order valence-electron chi connectivity index (χ1n) is 5.43. The lowest BCUT2D eigenvalue weighted by Gasteiger charge is -2.01. The highest BCUT2D eigenvalue weighted by molar-refractivity contribution is 7.85. The zero-order chi connectivity index (χ0) is 15.6. The van der Waals surface area contributed by atoms with Gasteiger partial charge in [-0.1, -0.05) is 0 Å². The number of nitrogens with zero attached hydrogens (tertiary/aromatic N) is 2. The van der Waals surface area contributed by atoms with Crippen LogP contribution in [0, 0.1) is 20.2 Å². The first kappa shape index (κ1) is 14.5. The van der Waals surface area contributed by atoms with E-state index in [-0.39, 0.29) is 15.6 Å². The number of carbonyl (C=O) groups is 1. The molecule has 1 N–H and O–H groups in total. The molecule has 10 heteroatoms. The molecular weight excluding hydrogens is 302 g/mol. The van der Waals surface area contributed by atoms with E-state index in [0.29, 0.717) is 6.29 Å². The summed E-state index contributed by atoms with van der Waals surface area (Å²) < 4.78 is 12.3. The van der Waals surface area contributed by atoms with E-state index in [1.54, 1.807) is 0 Å². The molecule has 1 unspecified atom stereocenters. The maximum Gasteiger partial charge on any atom is 0.292 e. The number of aromatic amines is 1. The molecule has 0 amide bonds. The fourth-order valence-electron chi connectivity index (χ4n) is 1.61. The Kier molecular flexibility index (Phi) is 3.89. The molecule has 0 aliphatic rings. The number of benzene rings is 1. The highest BCUT2D eigenvalue weighted by Gasteiger charge is 2.24. The SMILES string of the molecule is O=Cc1ccc(S(=O)c2ccc([N+](=O)[O-])cc2[N+](=O)[O-])[nH]1. The Balaban J connectivity index is 2.52. The van der Waals surface area contributed by atoms with Gasteiger partial charge in [0.2, 0.25) is 0 Å². The predicted molar refractivity (Wildman–Crippen MR) is 70.6 cm³/mol. The molecule has 0 spiro atoms. The quantitative estimate of drug-likeness (QED) is 0.508. The van der Waals surface area contributed by atoms with Crippen LogP contribution in [0.3, 0.4) is 0 Å². The summed E-state index contributed by atoms with van der Waals surface area (Å²) in [5.74, 6) is 0. The van der Waals surface area contributed by atoms with Crippen molar-refractivity contribution in [2.75, 3.05) is 0 Å². The smallest absolute Gasteiger partial charge is 0.292 e. The molecule has 2 rings (SSSR count). The normalized spacial score (nSPS) is 11.8. The largest absolute Gasteiger partial charge is 0.345 e. The third-order valence-electron chi connectivity index (χ3n) is 2.56. The molecule has 9 nitrogen and oxygen atoms in total. The molecule has 1 aromatic heterocycles. The van der Waals surface area contributed by atoms with Crippen LogP contribution in [0.5, 0.6) is 0 Å². The van der Waals surface area contributed by atoms with Gasteiger partial charge in [-0.25, -0.2) is 4.21 Å². The molecule has 108 valence electrons. The van der Waals surface area contributed by atoms with Gasteiger partial charge in [-0.2, -0.15) is 0 Å². The zero-order valence-corrected chi connectivity index (χ0v) is 11.0. The Hall–Kier alpha value is -2.88. The highest BCUT2D eigenvalue weighted by Crippen LogP contribution is 2.29. The van der Waals surface area contributed by atoms with Crippen LogP contribution >= 0.6 is 0 Å². The van der Waals surface area contributed by atoms with Crippen LogP contribution in [0.25, 0.3) is 0 Å². The van der Waals surface area contributed by atoms with Crippen molar-refractivity contribution in [3.8, 4) is 0 Å². The Bertz CT molecular complexity index is 769. The van der Waals surface area contributed by atoms with Gasteiger partial charge < -0.3 is 4.98 Å². The van der Waals surface area contributed by atoms with E-state index < -0.39 is 32.0 Å². The number of hydrogen-bond donors (Lipinski definition) is 1. The van der Waals surface area contributed by atoms with Crippen LogP contribution in [-0.4, -0.2) is 25.3 Å². The van der Waals surface area contributed by atoms with E-state index in [1.165, 1.54) is 12.1 Å². The second-order valence-corrected chi connectivity index (χ2v) is 5.25. The Morgan fingerprint density at radius 3 is 2.33 bits per heavy atom. The van der Waals surface area contributed by atoms with Gasteiger partial charge in [-0.05, 0) is 18.2 Å². The summed E-state index contributed by atoms with van der Waals surface area (Å²) >= 11 is 0. The van der Waals surface area contributed by atoms with Crippen LogP contribution in [0.15, 0.2) is 40.3 Å². The minimum atomic E-state index is -1.96. The van der Waals surface area contributed by atoms with E-state index in [1.807, 2.05) is 0 Å². The summed E-state index contributed by atoms with van der Waals surface area (Å²) in [6, 6.07) is 5.57. The molecule has 0 aliphatic heterocycles. The topological polar surface area (TPSA) is 136 Å². The maximum atomic E-state index is 12.3. The summed E-state index contributed by atoms with van der Waals surface area (Å²) in [5.41, 5.74) is -0.921. The fraction of sp³-hybridized carbons (Fsp3) is 0. The van der Waals surface area contributed by atoms with Crippen LogP contribution in [0.2, 0.25) is 0 Å². The average Bonchev–Trinajstić information content (AvgIpc) is 2.94.